The predicted molar refractivity (Wildman–Crippen MR) is 117 cm³/mol. The SMILES string of the molecule is CC(C)(CCCCO)CC(C)(C[Si](C)(C)CCCCO)c1ccccc1. The van der Waals surface area contributed by atoms with E-state index in [4.69, 9.17) is 10.2 Å². The molecule has 1 aromatic carbocycles. The molecule has 1 aromatic rings. The molecule has 0 aromatic heterocycles. The summed E-state index contributed by atoms with van der Waals surface area (Å²) in [7, 11) is -1.35. The molecule has 0 saturated heterocycles. The molecule has 26 heavy (non-hydrogen) atoms. The Morgan fingerprint density at radius 2 is 1.42 bits per heavy atom. The number of aliphatic hydroxyl groups is 2. The van der Waals surface area contributed by atoms with Crippen molar-refractivity contribution in [3.05, 3.63) is 35.9 Å². The third kappa shape index (κ3) is 8.37. The van der Waals surface area contributed by atoms with Gasteiger partial charge in [-0.25, -0.2) is 0 Å². The Morgan fingerprint density at radius 1 is 0.846 bits per heavy atom. The van der Waals surface area contributed by atoms with Gasteiger partial charge in [0.1, 0.15) is 0 Å². The molecule has 0 aliphatic heterocycles. The lowest BCUT2D eigenvalue weighted by atomic mass is 9.69. The Bertz CT molecular complexity index is 472. The quantitative estimate of drug-likeness (QED) is 0.326. The van der Waals surface area contributed by atoms with Gasteiger partial charge in [-0.05, 0) is 48.1 Å². The van der Waals surface area contributed by atoms with Gasteiger partial charge in [-0.2, -0.15) is 0 Å². The summed E-state index contributed by atoms with van der Waals surface area (Å²) in [6.45, 7) is 12.9. The predicted octanol–water partition coefficient (Wildman–Crippen LogP) is 6.00. The van der Waals surface area contributed by atoms with Crippen LogP contribution in [0.25, 0.3) is 0 Å². The molecule has 0 heterocycles. The van der Waals surface area contributed by atoms with Crippen molar-refractivity contribution < 1.29 is 10.2 Å². The van der Waals surface area contributed by atoms with Crippen molar-refractivity contribution in [2.75, 3.05) is 13.2 Å². The van der Waals surface area contributed by atoms with Crippen molar-refractivity contribution >= 4 is 8.07 Å². The Morgan fingerprint density at radius 3 is 2.00 bits per heavy atom. The minimum absolute atomic E-state index is 0.193. The highest BCUT2D eigenvalue weighted by molar-refractivity contribution is 6.77. The number of hydrogen-bond donors (Lipinski definition) is 2. The van der Waals surface area contributed by atoms with Gasteiger partial charge in [0, 0.05) is 21.3 Å². The zero-order chi connectivity index (χ0) is 19.7. The van der Waals surface area contributed by atoms with E-state index in [1.807, 2.05) is 0 Å². The van der Waals surface area contributed by atoms with E-state index in [0.717, 1.165) is 25.7 Å². The first-order chi connectivity index (χ1) is 12.1. The highest BCUT2D eigenvalue weighted by atomic mass is 28.3. The first-order valence-electron chi connectivity index (χ1n) is 10.4. The largest absolute Gasteiger partial charge is 0.396 e. The van der Waals surface area contributed by atoms with Gasteiger partial charge in [-0.1, -0.05) is 83.1 Å². The van der Waals surface area contributed by atoms with Crippen LogP contribution < -0.4 is 0 Å². The van der Waals surface area contributed by atoms with Gasteiger partial charge >= 0.3 is 0 Å². The summed E-state index contributed by atoms with van der Waals surface area (Å²) < 4.78 is 0. The zero-order valence-corrected chi connectivity index (χ0v) is 18.9. The van der Waals surface area contributed by atoms with Gasteiger partial charge in [0.25, 0.3) is 0 Å². The second-order valence-corrected chi connectivity index (χ2v) is 15.2. The van der Waals surface area contributed by atoms with Crippen LogP contribution in [-0.2, 0) is 5.41 Å². The number of unbranched alkanes of at least 4 members (excludes halogenated alkanes) is 2. The van der Waals surface area contributed by atoms with Crippen LogP contribution in [0.3, 0.4) is 0 Å². The maximum atomic E-state index is 9.13. The van der Waals surface area contributed by atoms with E-state index in [2.05, 4.69) is 64.2 Å². The van der Waals surface area contributed by atoms with Crippen LogP contribution in [-0.4, -0.2) is 31.5 Å². The molecule has 0 spiro atoms. The summed E-state index contributed by atoms with van der Waals surface area (Å²) in [6, 6.07) is 13.7. The fraction of sp³-hybridized carbons (Fsp3) is 0.739. The summed E-state index contributed by atoms with van der Waals surface area (Å²) in [4.78, 5) is 0. The maximum absolute atomic E-state index is 9.13. The Labute approximate surface area is 163 Å². The van der Waals surface area contributed by atoms with Gasteiger partial charge in [-0.3, -0.25) is 0 Å². The second kappa shape index (κ2) is 10.6. The van der Waals surface area contributed by atoms with E-state index >= 15 is 0 Å². The number of rotatable bonds is 13. The molecule has 0 saturated carbocycles. The zero-order valence-electron chi connectivity index (χ0n) is 17.9. The third-order valence-electron chi connectivity index (χ3n) is 5.73. The third-order valence-corrected chi connectivity index (χ3v) is 9.18. The molecule has 1 atom stereocenters. The van der Waals surface area contributed by atoms with Gasteiger partial charge in [-0.15, -0.1) is 0 Å². The molecule has 1 unspecified atom stereocenters. The van der Waals surface area contributed by atoms with E-state index in [9.17, 15) is 0 Å². The van der Waals surface area contributed by atoms with Crippen molar-refractivity contribution in [1.82, 2.24) is 0 Å². The summed E-state index contributed by atoms with van der Waals surface area (Å²) >= 11 is 0. The van der Waals surface area contributed by atoms with Crippen LogP contribution in [0.5, 0.6) is 0 Å². The Balaban J connectivity index is 2.96. The van der Waals surface area contributed by atoms with Crippen molar-refractivity contribution in [2.45, 2.75) is 89.9 Å². The minimum atomic E-state index is -1.35. The smallest absolute Gasteiger partial charge is 0.0482 e. The molecule has 1 rings (SSSR count). The summed E-state index contributed by atoms with van der Waals surface area (Å²) in [5.74, 6) is 0. The fourth-order valence-corrected chi connectivity index (χ4v) is 8.65. The first-order valence-corrected chi connectivity index (χ1v) is 13.8. The summed E-state index contributed by atoms with van der Waals surface area (Å²) in [6.07, 6.45) is 6.46. The first kappa shape index (κ1) is 23.4. The molecular weight excluding hydrogens is 336 g/mol. The highest BCUT2D eigenvalue weighted by Gasteiger charge is 2.38. The number of hydrogen-bond acceptors (Lipinski definition) is 2. The summed E-state index contributed by atoms with van der Waals surface area (Å²) in [5.41, 5.74) is 1.94. The van der Waals surface area contributed by atoms with Crippen molar-refractivity contribution in [1.29, 1.82) is 0 Å². The molecule has 2 N–H and O–H groups in total. The van der Waals surface area contributed by atoms with Crippen molar-refractivity contribution in [3.63, 3.8) is 0 Å². The lowest BCUT2D eigenvalue weighted by Gasteiger charge is -2.42. The van der Waals surface area contributed by atoms with Crippen molar-refractivity contribution in [3.8, 4) is 0 Å². The Kier molecular flexibility index (Phi) is 9.56. The average Bonchev–Trinajstić information content (AvgIpc) is 2.54. The molecule has 0 radical (unpaired) electrons. The Hall–Kier alpha value is -0.643. The van der Waals surface area contributed by atoms with Gasteiger partial charge < -0.3 is 10.2 Å². The van der Waals surface area contributed by atoms with Crippen LogP contribution in [0, 0.1) is 5.41 Å². The maximum Gasteiger partial charge on any atom is 0.0482 e. The van der Waals surface area contributed by atoms with Crippen LogP contribution in [0.2, 0.25) is 25.2 Å². The molecule has 0 bridgehead atoms. The van der Waals surface area contributed by atoms with E-state index in [0.29, 0.717) is 13.2 Å². The molecule has 3 heteroatoms. The van der Waals surface area contributed by atoms with E-state index in [1.165, 1.54) is 30.5 Å². The highest BCUT2D eigenvalue weighted by Crippen LogP contribution is 2.45. The molecule has 0 aliphatic carbocycles. The fourth-order valence-electron chi connectivity index (χ4n) is 4.83. The van der Waals surface area contributed by atoms with E-state index in [1.54, 1.807) is 0 Å². The van der Waals surface area contributed by atoms with Crippen molar-refractivity contribution in [2.24, 2.45) is 5.41 Å². The normalized spacial score (nSPS) is 15.0. The number of benzene rings is 1. The van der Waals surface area contributed by atoms with E-state index < -0.39 is 8.07 Å². The van der Waals surface area contributed by atoms with E-state index in [-0.39, 0.29) is 10.8 Å². The summed E-state index contributed by atoms with van der Waals surface area (Å²) in [5, 5.41) is 18.2. The van der Waals surface area contributed by atoms with Crippen LogP contribution in [0.15, 0.2) is 30.3 Å². The van der Waals surface area contributed by atoms with Crippen LogP contribution >= 0.6 is 0 Å². The standard InChI is InChI=1S/C23H42O2Si/c1-22(2,15-9-10-16-24)19-23(3,21-13-7-6-8-14-21)20-26(4,5)18-12-11-17-25/h6-8,13-14,24-25H,9-12,15-20H2,1-5H3. The monoisotopic (exact) mass is 378 g/mol. The molecule has 0 amide bonds. The molecule has 150 valence electrons. The topological polar surface area (TPSA) is 40.5 Å². The second-order valence-electron chi connectivity index (χ2n) is 9.97. The minimum Gasteiger partial charge on any atom is -0.396 e. The van der Waals surface area contributed by atoms with Gasteiger partial charge in [0.15, 0.2) is 0 Å². The lowest BCUT2D eigenvalue weighted by Crippen LogP contribution is -2.39. The molecular formula is C23H42O2Si. The van der Waals surface area contributed by atoms with Gasteiger partial charge in [0.2, 0.25) is 0 Å². The number of aliphatic hydroxyl groups excluding tert-OH is 2. The molecule has 2 nitrogen and oxygen atoms in total. The van der Waals surface area contributed by atoms with Crippen LogP contribution in [0.4, 0.5) is 0 Å². The average molecular weight is 379 g/mol. The molecule has 0 aliphatic rings. The molecule has 0 fully saturated rings. The van der Waals surface area contributed by atoms with Crippen LogP contribution in [0.1, 0.15) is 64.9 Å². The lowest BCUT2D eigenvalue weighted by molar-refractivity contribution is 0.217. The van der Waals surface area contributed by atoms with Gasteiger partial charge in [0.05, 0.1) is 0 Å².